The van der Waals surface area contributed by atoms with Crippen molar-refractivity contribution < 1.29 is 28.6 Å². The van der Waals surface area contributed by atoms with E-state index in [4.69, 9.17) is 14.2 Å². The highest BCUT2D eigenvalue weighted by Gasteiger charge is 2.19. The number of esters is 3. The molecule has 72 heavy (non-hydrogen) atoms. The predicted octanol–water partition coefficient (Wildman–Crippen LogP) is 20.7. The fourth-order valence-electron chi connectivity index (χ4n) is 8.60. The number of carbonyl (C=O) groups is 3. The van der Waals surface area contributed by atoms with Crippen LogP contribution in [0.25, 0.3) is 0 Å². The van der Waals surface area contributed by atoms with Gasteiger partial charge in [-0.05, 0) is 70.6 Å². The number of ether oxygens (including phenoxy) is 3. The number of carbonyl (C=O) groups excluding carboxylic acids is 3. The van der Waals surface area contributed by atoms with Gasteiger partial charge in [-0.1, -0.05) is 292 Å². The first-order valence-corrected chi connectivity index (χ1v) is 30.6. The molecule has 6 nitrogen and oxygen atoms in total. The average Bonchev–Trinajstić information content (AvgIpc) is 3.38. The first-order chi connectivity index (χ1) is 35.5. The first-order valence-electron chi connectivity index (χ1n) is 30.6. The minimum Gasteiger partial charge on any atom is -0.462 e. The molecule has 0 spiro atoms. The van der Waals surface area contributed by atoms with Crippen molar-refractivity contribution in [2.75, 3.05) is 13.2 Å². The quantitative estimate of drug-likeness (QED) is 0.0261. The normalized spacial score (nSPS) is 12.7. The van der Waals surface area contributed by atoms with E-state index in [2.05, 4.69) is 93.7 Å². The van der Waals surface area contributed by atoms with Crippen LogP contribution in [0.2, 0.25) is 0 Å². The predicted molar refractivity (Wildman–Crippen MR) is 311 cm³/mol. The molecule has 6 heteroatoms. The van der Waals surface area contributed by atoms with E-state index in [-0.39, 0.29) is 31.6 Å². The van der Waals surface area contributed by atoms with Crippen molar-refractivity contribution in [2.24, 2.45) is 0 Å². The summed E-state index contributed by atoms with van der Waals surface area (Å²) in [4.78, 5) is 38.1. The molecule has 1 atom stereocenters. The van der Waals surface area contributed by atoms with Crippen LogP contribution in [0.4, 0.5) is 0 Å². The molecule has 0 saturated heterocycles. The zero-order valence-corrected chi connectivity index (χ0v) is 47.4. The summed E-state index contributed by atoms with van der Waals surface area (Å²) in [6, 6.07) is 0. The van der Waals surface area contributed by atoms with Gasteiger partial charge in [0.25, 0.3) is 0 Å². The topological polar surface area (TPSA) is 78.9 Å². The summed E-state index contributed by atoms with van der Waals surface area (Å²) < 4.78 is 16.8. The number of hydrogen-bond acceptors (Lipinski definition) is 6. The molecule has 0 aromatic heterocycles. The molecule has 0 aliphatic rings. The maximum Gasteiger partial charge on any atom is 0.310 e. The molecule has 0 rings (SSSR count). The van der Waals surface area contributed by atoms with Crippen molar-refractivity contribution in [1.29, 1.82) is 0 Å². The van der Waals surface area contributed by atoms with Crippen LogP contribution in [0.3, 0.4) is 0 Å². The summed E-state index contributed by atoms with van der Waals surface area (Å²) in [7, 11) is 0. The number of rotatable bonds is 55. The van der Waals surface area contributed by atoms with Crippen LogP contribution in [0.15, 0.2) is 85.1 Å². The Balaban J connectivity index is 4.34. The van der Waals surface area contributed by atoms with Crippen LogP contribution in [-0.4, -0.2) is 37.2 Å². The van der Waals surface area contributed by atoms with E-state index in [9.17, 15) is 14.4 Å². The fourth-order valence-corrected chi connectivity index (χ4v) is 8.60. The van der Waals surface area contributed by atoms with E-state index in [1.807, 2.05) is 6.08 Å². The number of allylic oxidation sites excluding steroid dienone is 13. The van der Waals surface area contributed by atoms with Crippen molar-refractivity contribution in [2.45, 2.75) is 303 Å². The lowest BCUT2D eigenvalue weighted by Gasteiger charge is -2.18. The summed E-state index contributed by atoms with van der Waals surface area (Å²) in [5.41, 5.74) is 0. The molecule has 0 amide bonds. The Morgan fingerprint density at radius 2 is 0.597 bits per heavy atom. The summed E-state index contributed by atoms with van der Waals surface area (Å²) in [6.07, 6.45) is 79.1. The minimum atomic E-state index is -0.836. The Labute approximate surface area is 445 Å². The van der Waals surface area contributed by atoms with Crippen LogP contribution in [0.5, 0.6) is 0 Å². The van der Waals surface area contributed by atoms with Gasteiger partial charge in [0.1, 0.15) is 13.2 Å². The zero-order valence-electron chi connectivity index (χ0n) is 47.4. The Morgan fingerprint density at radius 3 is 0.958 bits per heavy atom. The third-order valence-electron chi connectivity index (χ3n) is 13.2. The zero-order chi connectivity index (χ0) is 52.2. The van der Waals surface area contributed by atoms with Gasteiger partial charge in [-0.15, -0.1) is 0 Å². The molecule has 0 bridgehead atoms. The van der Waals surface area contributed by atoms with Crippen molar-refractivity contribution in [3.05, 3.63) is 85.1 Å². The molecule has 1 unspecified atom stereocenters. The summed E-state index contributed by atoms with van der Waals surface area (Å²) in [5, 5.41) is 0. The second-order valence-corrected chi connectivity index (χ2v) is 20.3. The number of hydrogen-bond donors (Lipinski definition) is 0. The van der Waals surface area contributed by atoms with Gasteiger partial charge >= 0.3 is 17.9 Å². The van der Waals surface area contributed by atoms with Crippen molar-refractivity contribution in [3.8, 4) is 0 Å². The molecule has 0 saturated carbocycles. The van der Waals surface area contributed by atoms with Crippen LogP contribution in [-0.2, 0) is 28.6 Å². The van der Waals surface area contributed by atoms with Crippen molar-refractivity contribution >= 4 is 17.9 Å². The minimum absolute atomic E-state index is 0.0946. The first kappa shape index (κ1) is 68.6. The third-order valence-corrected chi connectivity index (χ3v) is 13.2. The Morgan fingerprint density at radius 1 is 0.306 bits per heavy atom. The SMILES string of the molecule is CC/C=C\C/C=C\C/C=C\C/C=C\C/C=C\CC(=O)OC(COC(=O)CCCCCCC/C=C\C/C=C\CCCC)COC(=O)CCCCCCCCCCCCCCCCCCCCCCCCCCC. The van der Waals surface area contributed by atoms with Crippen molar-refractivity contribution in [1.82, 2.24) is 0 Å². The molecule has 0 radical (unpaired) electrons. The van der Waals surface area contributed by atoms with Crippen LogP contribution >= 0.6 is 0 Å². The largest absolute Gasteiger partial charge is 0.462 e. The molecule has 414 valence electrons. The van der Waals surface area contributed by atoms with Gasteiger partial charge in [-0.2, -0.15) is 0 Å². The Kier molecular flexibility index (Phi) is 57.3. The fraction of sp³-hybridized carbons (Fsp3) is 0.742. The van der Waals surface area contributed by atoms with E-state index >= 15 is 0 Å². The van der Waals surface area contributed by atoms with Crippen molar-refractivity contribution in [3.63, 3.8) is 0 Å². The van der Waals surface area contributed by atoms with E-state index in [1.165, 1.54) is 161 Å². The van der Waals surface area contributed by atoms with E-state index < -0.39 is 12.1 Å². The highest BCUT2D eigenvalue weighted by atomic mass is 16.6. The molecule has 0 N–H and O–H groups in total. The Hall–Kier alpha value is -3.41. The summed E-state index contributed by atoms with van der Waals surface area (Å²) in [5.74, 6) is -1.05. The smallest absolute Gasteiger partial charge is 0.310 e. The average molecular weight is 1000 g/mol. The van der Waals surface area contributed by atoms with Gasteiger partial charge in [-0.25, -0.2) is 0 Å². The van der Waals surface area contributed by atoms with E-state index in [0.29, 0.717) is 12.8 Å². The Bertz CT molecular complexity index is 1380. The van der Waals surface area contributed by atoms with E-state index in [0.717, 1.165) is 96.3 Å². The molecule has 0 aliphatic carbocycles. The molecular formula is C66H114O6. The lowest BCUT2D eigenvalue weighted by Crippen LogP contribution is -2.30. The van der Waals surface area contributed by atoms with Crippen LogP contribution in [0, 0.1) is 0 Å². The molecular weight excluding hydrogens is 889 g/mol. The van der Waals surface area contributed by atoms with Gasteiger partial charge < -0.3 is 14.2 Å². The van der Waals surface area contributed by atoms with Gasteiger partial charge in [0.15, 0.2) is 6.10 Å². The van der Waals surface area contributed by atoms with Crippen LogP contribution < -0.4 is 0 Å². The molecule has 0 aromatic rings. The lowest BCUT2D eigenvalue weighted by molar-refractivity contribution is -0.166. The van der Waals surface area contributed by atoms with Gasteiger partial charge in [-0.3, -0.25) is 14.4 Å². The standard InChI is InChI=1S/C66H114O6/c1-4-7-10-13-16-19-22-25-28-29-30-31-32-33-34-35-36-37-39-41-44-47-50-53-56-59-65(68)71-62-63(61-70-64(67)58-55-52-49-46-43-40-27-24-21-18-15-12-9-6-3)72-66(69)60-57-54-51-48-45-42-38-26-23-20-17-14-11-8-5-2/h8,11,15,17-18,20,24,26-27,38,45,48,54,57,63H,4-7,9-10,12-14,16,19,21-23,25,28-37,39-44,46-47,49-53,55-56,58-62H2,1-3H3/b11-8-,18-15-,20-17-,27-24-,38-26-,48-45-,57-54-. The molecule has 0 aliphatic heterocycles. The van der Waals surface area contributed by atoms with Gasteiger partial charge in [0.2, 0.25) is 0 Å². The highest BCUT2D eigenvalue weighted by molar-refractivity contribution is 5.72. The van der Waals surface area contributed by atoms with Gasteiger partial charge in [0, 0.05) is 12.8 Å². The summed E-state index contributed by atoms with van der Waals surface area (Å²) in [6.45, 7) is 6.42. The van der Waals surface area contributed by atoms with Crippen LogP contribution in [0.1, 0.15) is 297 Å². The molecule has 0 aromatic carbocycles. The third kappa shape index (κ3) is 57.5. The second-order valence-electron chi connectivity index (χ2n) is 20.3. The molecule has 0 heterocycles. The van der Waals surface area contributed by atoms with Gasteiger partial charge in [0.05, 0.1) is 6.42 Å². The molecule has 0 fully saturated rings. The summed E-state index contributed by atoms with van der Waals surface area (Å²) >= 11 is 0. The second kappa shape index (κ2) is 60.1. The monoisotopic (exact) mass is 1000 g/mol. The highest BCUT2D eigenvalue weighted by Crippen LogP contribution is 2.17. The number of unbranched alkanes of at least 4 members (excludes halogenated alkanes) is 31. The maximum atomic E-state index is 12.8. The lowest BCUT2D eigenvalue weighted by atomic mass is 10.0. The maximum absolute atomic E-state index is 12.8. The van der Waals surface area contributed by atoms with E-state index in [1.54, 1.807) is 6.08 Å².